The number of hydrogen-bond acceptors (Lipinski definition) is 6. The number of alkyl halides is 3. The molecule has 4 rings (SSSR count). The molecule has 0 amide bonds. The minimum absolute atomic E-state index is 0.0889. The van der Waals surface area contributed by atoms with E-state index in [1.54, 1.807) is 12.3 Å². The summed E-state index contributed by atoms with van der Waals surface area (Å²) in [5, 5.41) is 12.9. The smallest absolute Gasteiger partial charge is 0.377 e. The average Bonchev–Trinajstić information content (AvgIpc) is 2.73. The van der Waals surface area contributed by atoms with E-state index in [2.05, 4.69) is 27.3 Å². The molecule has 0 saturated carbocycles. The van der Waals surface area contributed by atoms with Crippen LogP contribution in [-0.4, -0.2) is 36.0 Å². The minimum atomic E-state index is -4.44. The number of morpholine rings is 1. The van der Waals surface area contributed by atoms with Crippen LogP contribution < -0.4 is 16.0 Å². The Kier molecular flexibility index (Phi) is 5.72. The Bertz CT molecular complexity index is 1090. The van der Waals surface area contributed by atoms with Crippen molar-refractivity contribution in [2.24, 2.45) is 5.73 Å². The maximum absolute atomic E-state index is 13.3. The second kappa shape index (κ2) is 8.32. The zero-order chi connectivity index (χ0) is 22.2. The van der Waals surface area contributed by atoms with Gasteiger partial charge < -0.3 is 20.7 Å². The van der Waals surface area contributed by atoms with E-state index >= 15 is 0 Å². The summed E-state index contributed by atoms with van der Waals surface area (Å²) in [4.78, 5) is 2.25. The number of nitrogens with one attached hydrogen (secondary N) is 1. The number of hydrogen-bond donors (Lipinski definition) is 2. The Morgan fingerprint density at radius 2 is 2.06 bits per heavy atom. The fourth-order valence-corrected chi connectivity index (χ4v) is 3.98. The van der Waals surface area contributed by atoms with Gasteiger partial charge in [-0.3, -0.25) is 0 Å². The lowest BCUT2D eigenvalue weighted by atomic mass is 10.00. The van der Waals surface area contributed by atoms with E-state index in [4.69, 9.17) is 10.5 Å². The summed E-state index contributed by atoms with van der Waals surface area (Å²) in [6, 6.07) is 10.2. The molecule has 0 radical (unpaired) electrons. The van der Waals surface area contributed by atoms with Crippen LogP contribution in [-0.2, 0) is 10.9 Å². The minimum Gasteiger partial charge on any atom is -0.377 e. The molecule has 2 aromatic carbocycles. The molecule has 1 aromatic heterocycles. The predicted octanol–water partition coefficient (Wildman–Crippen LogP) is 4.25. The van der Waals surface area contributed by atoms with Crippen LogP contribution in [0.2, 0.25) is 0 Å². The molecule has 2 heterocycles. The number of benzene rings is 2. The van der Waals surface area contributed by atoms with Crippen LogP contribution in [0.5, 0.6) is 0 Å². The summed E-state index contributed by atoms with van der Waals surface area (Å²) in [6.07, 6.45) is -3.68. The van der Waals surface area contributed by atoms with Gasteiger partial charge in [0.2, 0.25) is 0 Å². The molecule has 0 bridgehead atoms. The van der Waals surface area contributed by atoms with E-state index in [0.29, 0.717) is 24.6 Å². The van der Waals surface area contributed by atoms with Crippen LogP contribution in [0.1, 0.15) is 29.8 Å². The number of fused-ring (bicyclic) bond motifs is 1. The van der Waals surface area contributed by atoms with Gasteiger partial charge in [-0.1, -0.05) is 18.2 Å². The van der Waals surface area contributed by atoms with Gasteiger partial charge in [0, 0.05) is 29.0 Å². The average molecular weight is 431 g/mol. The van der Waals surface area contributed by atoms with E-state index < -0.39 is 17.9 Å². The van der Waals surface area contributed by atoms with Crippen LogP contribution in [0.15, 0.2) is 42.6 Å². The lowest BCUT2D eigenvalue weighted by molar-refractivity contribution is -0.138. The number of nitrogens with two attached hydrogens (primary N) is 1. The van der Waals surface area contributed by atoms with Gasteiger partial charge in [0.1, 0.15) is 6.17 Å². The van der Waals surface area contributed by atoms with Crippen LogP contribution >= 0.6 is 0 Å². The van der Waals surface area contributed by atoms with Crippen molar-refractivity contribution in [1.29, 1.82) is 0 Å². The Morgan fingerprint density at radius 3 is 2.81 bits per heavy atom. The molecule has 1 aliphatic heterocycles. The SMILES string of the molecule is Cc1c([C@@H](N)Nc2nncc3ccc(N4CCOCC4C)cc23)cccc1C(F)(F)F. The van der Waals surface area contributed by atoms with Crippen molar-refractivity contribution < 1.29 is 17.9 Å². The first-order valence-corrected chi connectivity index (χ1v) is 10.0. The summed E-state index contributed by atoms with van der Waals surface area (Å²) < 4.78 is 45.4. The largest absolute Gasteiger partial charge is 0.416 e. The van der Waals surface area contributed by atoms with Crippen LogP contribution in [0, 0.1) is 6.92 Å². The first-order valence-electron chi connectivity index (χ1n) is 10.0. The van der Waals surface area contributed by atoms with Crippen LogP contribution in [0.25, 0.3) is 10.8 Å². The summed E-state index contributed by atoms with van der Waals surface area (Å²) in [5.41, 5.74) is 7.02. The predicted molar refractivity (Wildman–Crippen MR) is 114 cm³/mol. The Labute approximate surface area is 178 Å². The quantitative estimate of drug-likeness (QED) is 0.602. The lowest BCUT2D eigenvalue weighted by Gasteiger charge is -2.35. The van der Waals surface area contributed by atoms with Crippen molar-refractivity contribution in [3.8, 4) is 0 Å². The molecular formula is C22H24F3N5O. The van der Waals surface area contributed by atoms with Crippen LogP contribution in [0.3, 0.4) is 0 Å². The van der Waals surface area contributed by atoms with E-state index in [0.717, 1.165) is 29.1 Å². The number of ether oxygens (including phenoxy) is 1. The van der Waals surface area contributed by atoms with E-state index in [-0.39, 0.29) is 11.6 Å². The highest BCUT2D eigenvalue weighted by Gasteiger charge is 2.33. The first kappa shape index (κ1) is 21.3. The van der Waals surface area contributed by atoms with Gasteiger partial charge in [0.25, 0.3) is 0 Å². The number of aromatic nitrogens is 2. The molecule has 1 fully saturated rings. The lowest BCUT2D eigenvalue weighted by Crippen LogP contribution is -2.43. The Balaban J connectivity index is 1.68. The van der Waals surface area contributed by atoms with Crippen molar-refractivity contribution >= 4 is 22.3 Å². The summed E-state index contributed by atoms with van der Waals surface area (Å²) in [6.45, 7) is 5.60. The van der Waals surface area contributed by atoms with Crippen molar-refractivity contribution in [1.82, 2.24) is 10.2 Å². The maximum atomic E-state index is 13.3. The van der Waals surface area contributed by atoms with E-state index in [9.17, 15) is 13.2 Å². The molecule has 3 aromatic rings. The fraction of sp³-hybridized carbons (Fsp3) is 0.364. The highest BCUT2D eigenvalue weighted by atomic mass is 19.4. The topological polar surface area (TPSA) is 76.3 Å². The molecule has 0 aliphatic carbocycles. The zero-order valence-corrected chi connectivity index (χ0v) is 17.3. The van der Waals surface area contributed by atoms with E-state index in [1.807, 2.05) is 18.2 Å². The van der Waals surface area contributed by atoms with Gasteiger partial charge in [0.05, 0.1) is 25.0 Å². The van der Waals surface area contributed by atoms with Crippen LogP contribution in [0.4, 0.5) is 24.7 Å². The molecule has 2 atom stereocenters. The number of anilines is 2. The third kappa shape index (κ3) is 4.28. The molecule has 6 nitrogen and oxygen atoms in total. The third-order valence-electron chi connectivity index (χ3n) is 5.65. The molecule has 1 saturated heterocycles. The van der Waals surface area contributed by atoms with Gasteiger partial charge >= 0.3 is 6.18 Å². The van der Waals surface area contributed by atoms with Gasteiger partial charge in [-0.15, -0.1) is 5.10 Å². The molecule has 1 aliphatic rings. The molecule has 0 spiro atoms. The van der Waals surface area contributed by atoms with Crippen molar-refractivity contribution in [3.63, 3.8) is 0 Å². The van der Waals surface area contributed by atoms with Gasteiger partial charge in [-0.25, -0.2) is 0 Å². The third-order valence-corrected chi connectivity index (χ3v) is 5.65. The highest BCUT2D eigenvalue weighted by molar-refractivity contribution is 5.93. The first-order chi connectivity index (χ1) is 14.8. The standard InChI is InChI=1S/C22H24F3N5O/c1-13-12-31-9-8-30(13)16-7-6-15-11-27-29-21(18(15)10-16)28-20(26)17-4-3-5-19(14(17)2)22(23,24)25/h3-7,10-11,13,20H,8-9,12,26H2,1-2H3,(H,28,29)/t13?,20-/m0/s1. The number of rotatable bonds is 4. The second-order valence-electron chi connectivity index (χ2n) is 7.72. The summed E-state index contributed by atoms with van der Waals surface area (Å²) in [5.74, 6) is 0.421. The molecular weight excluding hydrogens is 407 g/mol. The summed E-state index contributed by atoms with van der Waals surface area (Å²) >= 11 is 0. The number of nitrogens with zero attached hydrogens (tertiary/aromatic N) is 3. The molecule has 9 heteroatoms. The maximum Gasteiger partial charge on any atom is 0.416 e. The highest BCUT2D eigenvalue weighted by Crippen LogP contribution is 2.35. The fourth-order valence-electron chi connectivity index (χ4n) is 3.98. The van der Waals surface area contributed by atoms with Crippen molar-refractivity contribution in [2.75, 3.05) is 30.0 Å². The number of halogens is 3. The molecule has 3 N–H and O–H groups in total. The second-order valence-corrected chi connectivity index (χ2v) is 7.72. The Hall–Kier alpha value is -2.91. The normalized spacial score (nSPS) is 18.3. The van der Waals surface area contributed by atoms with Gasteiger partial charge in [-0.05, 0) is 43.2 Å². The molecule has 1 unspecified atom stereocenters. The molecule has 31 heavy (non-hydrogen) atoms. The van der Waals surface area contributed by atoms with Crippen molar-refractivity contribution in [3.05, 3.63) is 59.3 Å². The zero-order valence-electron chi connectivity index (χ0n) is 17.3. The molecule has 164 valence electrons. The Morgan fingerprint density at radius 1 is 1.26 bits per heavy atom. The van der Waals surface area contributed by atoms with Crippen molar-refractivity contribution in [2.45, 2.75) is 32.2 Å². The summed E-state index contributed by atoms with van der Waals surface area (Å²) in [7, 11) is 0. The monoisotopic (exact) mass is 431 g/mol. The van der Waals surface area contributed by atoms with Gasteiger partial charge in [-0.2, -0.15) is 18.3 Å². The van der Waals surface area contributed by atoms with Gasteiger partial charge in [0.15, 0.2) is 5.82 Å². The van der Waals surface area contributed by atoms with E-state index in [1.165, 1.54) is 13.0 Å².